The van der Waals surface area contributed by atoms with Gasteiger partial charge in [0.2, 0.25) is 0 Å². The van der Waals surface area contributed by atoms with Crippen LogP contribution in [0.15, 0.2) is 6.20 Å². The fourth-order valence-corrected chi connectivity index (χ4v) is 2.92. The summed E-state index contributed by atoms with van der Waals surface area (Å²) in [4.78, 5) is 0. The highest BCUT2D eigenvalue weighted by Crippen LogP contribution is 2.27. The van der Waals surface area contributed by atoms with Gasteiger partial charge in [-0.05, 0) is 39.2 Å². The summed E-state index contributed by atoms with van der Waals surface area (Å²) in [6.45, 7) is 0.918. The summed E-state index contributed by atoms with van der Waals surface area (Å²) in [6, 6.07) is 0.246. The molecule has 0 radical (unpaired) electrons. The van der Waals surface area contributed by atoms with E-state index in [0.717, 1.165) is 30.2 Å². The molecule has 2 atom stereocenters. The molecule has 1 aromatic heterocycles. The van der Waals surface area contributed by atoms with Gasteiger partial charge in [0, 0.05) is 13.7 Å². The van der Waals surface area contributed by atoms with Crippen molar-refractivity contribution in [3.63, 3.8) is 0 Å². The van der Waals surface area contributed by atoms with E-state index in [4.69, 9.17) is 16.3 Å². The summed E-state index contributed by atoms with van der Waals surface area (Å²) in [5, 5.41) is 8.26. The number of aryl methyl sites for hydroxylation is 1. The Labute approximate surface area is 114 Å². The molecule has 0 bridgehead atoms. The lowest BCUT2D eigenvalue weighted by Gasteiger charge is -2.25. The maximum absolute atomic E-state index is 6.19. The number of halogens is 1. The van der Waals surface area contributed by atoms with Gasteiger partial charge in [0.15, 0.2) is 0 Å². The molecule has 1 saturated heterocycles. The van der Waals surface area contributed by atoms with Gasteiger partial charge in [-0.1, -0.05) is 11.6 Å². The van der Waals surface area contributed by atoms with Crippen molar-refractivity contribution in [3.8, 4) is 0 Å². The van der Waals surface area contributed by atoms with E-state index in [2.05, 4.69) is 10.4 Å². The minimum atomic E-state index is 0.246. The Hall–Kier alpha value is -0.580. The van der Waals surface area contributed by atoms with Crippen LogP contribution < -0.4 is 5.32 Å². The third-order valence-electron chi connectivity index (χ3n) is 3.67. The minimum absolute atomic E-state index is 0.246. The monoisotopic (exact) mass is 271 g/mol. The average molecular weight is 272 g/mol. The van der Waals surface area contributed by atoms with E-state index in [1.807, 2.05) is 18.8 Å². The van der Waals surface area contributed by atoms with E-state index in [1.54, 1.807) is 6.20 Å². The molecule has 0 spiro atoms. The highest BCUT2D eigenvalue weighted by atomic mass is 35.5. The predicted molar refractivity (Wildman–Crippen MR) is 72.8 cm³/mol. The molecule has 1 aliphatic rings. The molecule has 1 N–H and O–H groups in total. The number of nitrogens with zero attached hydrogens (tertiary/aromatic N) is 2. The molecular formula is C13H22ClN3O. The molecule has 0 aromatic carbocycles. The summed E-state index contributed by atoms with van der Waals surface area (Å²) < 4.78 is 7.62. The molecule has 102 valence electrons. The van der Waals surface area contributed by atoms with Crippen LogP contribution in [0.5, 0.6) is 0 Å². The Morgan fingerprint density at radius 3 is 3.00 bits per heavy atom. The van der Waals surface area contributed by atoms with Crippen molar-refractivity contribution < 1.29 is 4.74 Å². The molecule has 18 heavy (non-hydrogen) atoms. The Kier molecular flexibility index (Phi) is 5.03. The van der Waals surface area contributed by atoms with Crippen molar-refractivity contribution in [2.24, 2.45) is 7.05 Å². The molecular weight excluding hydrogens is 250 g/mol. The van der Waals surface area contributed by atoms with Crippen LogP contribution in [0.25, 0.3) is 0 Å². The van der Waals surface area contributed by atoms with Crippen molar-refractivity contribution in [1.29, 1.82) is 0 Å². The van der Waals surface area contributed by atoms with Crippen LogP contribution in [-0.2, 0) is 11.8 Å². The third kappa shape index (κ3) is 3.25. The number of ether oxygens (including phenoxy) is 1. The van der Waals surface area contributed by atoms with Crippen LogP contribution in [-0.4, -0.2) is 29.5 Å². The molecule has 2 unspecified atom stereocenters. The van der Waals surface area contributed by atoms with E-state index < -0.39 is 0 Å². The lowest BCUT2D eigenvalue weighted by Crippen LogP contribution is -2.24. The average Bonchev–Trinajstić information content (AvgIpc) is 2.73. The summed E-state index contributed by atoms with van der Waals surface area (Å²) in [5.41, 5.74) is 1.06. The quantitative estimate of drug-likeness (QED) is 0.895. The molecule has 1 aliphatic heterocycles. The molecule has 1 fully saturated rings. The Bertz CT molecular complexity index is 355. The van der Waals surface area contributed by atoms with Crippen LogP contribution in [0.3, 0.4) is 0 Å². The van der Waals surface area contributed by atoms with Gasteiger partial charge in [0.05, 0.1) is 29.1 Å². The Morgan fingerprint density at radius 1 is 1.61 bits per heavy atom. The molecule has 2 rings (SSSR count). The molecule has 0 aliphatic carbocycles. The van der Waals surface area contributed by atoms with E-state index >= 15 is 0 Å². The fourth-order valence-electron chi connectivity index (χ4n) is 2.62. The molecule has 0 amide bonds. The highest BCUT2D eigenvalue weighted by molar-refractivity contribution is 6.31. The van der Waals surface area contributed by atoms with Crippen LogP contribution in [0.2, 0.25) is 5.02 Å². The zero-order valence-electron chi connectivity index (χ0n) is 11.2. The smallest absolute Gasteiger partial charge is 0.0833 e. The first-order valence-corrected chi connectivity index (χ1v) is 7.06. The molecule has 1 aromatic rings. The second-order valence-corrected chi connectivity index (χ2v) is 5.32. The lowest BCUT2D eigenvalue weighted by molar-refractivity contribution is 0.00854. The van der Waals surface area contributed by atoms with Gasteiger partial charge in [-0.3, -0.25) is 4.68 Å². The zero-order valence-corrected chi connectivity index (χ0v) is 11.9. The van der Waals surface area contributed by atoms with E-state index in [1.165, 1.54) is 19.3 Å². The normalized spacial score (nSPS) is 22.1. The standard InChI is InChI=1S/C13H22ClN3O/c1-15-12(13-11(14)9-16-17(13)2)7-6-10-5-3-4-8-18-10/h9-10,12,15H,3-8H2,1-2H3. The molecule has 2 heterocycles. The summed E-state index contributed by atoms with van der Waals surface area (Å²) in [5.74, 6) is 0. The number of rotatable bonds is 5. The van der Waals surface area contributed by atoms with E-state index in [9.17, 15) is 0 Å². The molecule has 4 nitrogen and oxygen atoms in total. The van der Waals surface area contributed by atoms with Gasteiger partial charge in [-0.25, -0.2) is 0 Å². The largest absolute Gasteiger partial charge is 0.378 e. The van der Waals surface area contributed by atoms with E-state index in [0.29, 0.717) is 6.10 Å². The number of hydrogen-bond acceptors (Lipinski definition) is 3. The topological polar surface area (TPSA) is 39.1 Å². The van der Waals surface area contributed by atoms with Gasteiger partial charge in [-0.2, -0.15) is 5.10 Å². The van der Waals surface area contributed by atoms with Crippen LogP contribution in [0.1, 0.15) is 43.8 Å². The Morgan fingerprint density at radius 2 is 2.44 bits per heavy atom. The van der Waals surface area contributed by atoms with Crippen LogP contribution in [0, 0.1) is 0 Å². The van der Waals surface area contributed by atoms with Gasteiger partial charge in [-0.15, -0.1) is 0 Å². The van der Waals surface area contributed by atoms with Gasteiger partial charge in [0.25, 0.3) is 0 Å². The first kappa shape index (κ1) is 13.8. The van der Waals surface area contributed by atoms with Crippen LogP contribution >= 0.6 is 11.6 Å². The summed E-state index contributed by atoms with van der Waals surface area (Å²) in [7, 11) is 3.90. The first-order valence-electron chi connectivity index (χ1n) is 6.68. The number of nitrogens with one attached hydrogen (secondary N) is 1. The second kappa shape index (κ2) is 6.55. The maximum atomic E-state index is 6.19. The molecule has 5 heteroatoms. The van der Waals surface area contributed by atoms with E-state index in [-0.39, 0.29) is 6.04 Å². The third-order valence-corrected chi connectivity index (χ3v) is 3.96. The van der Waals surface area contributed by atoms with Crippen molar-refractivity contribution in [3.05, 3.63) is 16.9 Å². The second-order valence-electron chi connectivity index (χ2n) is 4.91. The van der Waals surface area contributed by atoms with Gasteiger partial charge < -0.3 is 10.1 Å². The highest BCUT2D eigenvalue weighted by Gasteiger charge is 2.20. The van der Waals surface area contributed by atoms with Gasteiger partial charge >= 0.3 is 0 Å². The van der Waals surface area contributed by atoms with Crippen molar-refractivity contribution in [1.82, 2.24) is 15.1 Å². The van der Waals surface area contributed by atoms with Crippen LogP contribution in [0.4, 0.5) is 0 Å². The van der Waals surface area contributed by atoms with Crippen molar-refractivity contribution >= 4 is 11.6 Å². The van der Waals surface area contributed by atoms with Crippen molar-refractivity contribution in [2.45, 2.75) is 44.2 Å². The lowest BCUT2D eigenvalue weighted by atomic mass is 10.00. The number of hydrogen-bond donors (Lipinski definition) is 1. The maximum Gasteiger partial charge on any atom is 0.0833 e. The fraction of sp³-hybridized carbons (Fsp3) is 0.769. The minimum Gasteiger partial charge on any atom is -0.378 e. The molecule has 0 saturated carbocycles. The first-order chi connectivity index (χ1) is 8.72. The summed E-state index contributed by atoms with van der Waals surface area (Å²) in [6.07, 6.45) is 7.92. The Balaban J connectivity index is 1.93. The predicted octanol–water partition coefficient (Wildman–Crippen LogP) is 2.68. The number of aromatic nitrogens is 2. The summed E-state index contributed by atoms with van der Waals surface area (Å²) >= 11 is 6.19. The van der Waals surface area contributed by atoms with Gasteiger partial charge in [0.1, 0.15) is 0 Å². The van der Waals surface area contributed by atoms with Crippen molar-refractivity contribution in [2.75, 3.05) is 13.7 Å². The SMILES string of the molecule is CNC(CCC1CCCCO1)c1c(Cl)cnn1C. The zero-order chi connectivity index (χ0) is 13.0.